The van der Waals surface area contributed by atoms with Gasteiger partial charge >= 0.3 is 23.9 Å². The van der Waals surface area contributed by atoms with Gasteiger partial charge in [-0.15, -0.1) is 0 Å². The van der Waals surface area contributed by atoms with Gasteiger partial charge < -0.3 is 62.5 Å². The number of hydrogen-bond donors (Lipinski definition) is 2. The summed E-state index contributed by atoms with van der Waals surface area (Å²) in [5.41, 5.74) is -1.18. The van der Waals surface area contributed by atoms with E-state index in [0.29, 0.717) is 18.3 Å². The maximum Gasteiger partial charge on any atom is 0.338 e. The summed E-state index contributed by atoms with van der Waals surface area (Å²) in [6.45, 7) is 13.5. The number of aliphatic hydroxyl groups is 2. The van der Waals surface area contributed by atoms with Gasteiger partial charge in [0.15, 0.2) is 18.7 Å². The highest BCUT2D eigenvalue weighted by molar-refractivity contribution is 5.89. The number of carbonyl (C=O) groups excluding carboxylic acids is 5. The van der Waals surface area contributed by atoms with E-state index >= 15 is 0 Å². The number of aliphatic hydroxyl groups excluding tert-OH is 1. The monoisotopic (exact) mass is 905 g/mol. The third kappa shape index (κ3) is 14.6. The van der Waals surface area contributed by atoms with Crippen LogP contribution < -0.4 is 0 Å². The van der Waals surface area contributed by atoms with Crippen LogP contribution in [0.5, 0.6) is 0 Å². The van der Waals surface area contributed by atoms with Gasteiger partial charge in [0.25, 0.3) is 0 Å². The van der Waals surface area contributed by atoms with Crippen LogP contribution in [0.25, 0.3) is 0 Å². The van der Waals surface area contributed by atoms with Gasteiger partial charge in [0.05, 0.1) is 36.3 Å². The van der Waals surface area contributed by atoms with Crippen LogP contribution in [0.1, 0.15) is 104 Å². The summed E-state index contributed by atoms with van der Waals surface area (Å²) in [4.78, 5) is 66.3. The number of carbonyl (C=O) groups is 5. The minimum atomic E-state index is -1.52. The lowest BCUT2D eigenvalue weighted by atomic mass is 9.82. The Balaban J connectivity index is 1.68. The fourth-order valence-electron chi connectivity index (χ4n) is 8.87. The number of cyclic esters (lactones) is 1. The predicted octanol–water partition coefficient (Wildman–Crippen LogP) is 4.32. The molecule has 17 heteroatoms. The van der Waals surface area contributed by atoms with Crippen molar-refractivity contribution in [3.63, 3.8) is 0 Å². The van der Waals surface area contributed by atoms with Crippen LogP contribution in [0.15, 0.2) is 42.5 Å². The minimum absolute atomic E-state index is 0.0604. The predicted molar refractivity (Wildman–Crippen MR) is 230 cm³/mol. The number of likely N-dealkylation sites (N-methyl/N-ethyl adjacent to an activating group) is 1. The molecule has 17 nitrogen and oxygen atoms in total. The molecule has 2 saturated heterocycles. The Morgan fingerprint density at radius 1 is 0.969 bits per heavy atom. The highest BCUT2D eigenvalue weighted by atomic mass is 16.7. The molecule has 3 aliphatic rings. The van der Waals surface area contributed by atoms with Crippen LogP contribution in [0.4, 0.5) is 0 Å². The molecule has 0 amide bonds. The molecule has 360 valence electrons. The maximum atomic E-state index is 13.4. The van der Waals surface area contributed by atoms with Gasteiger partial charge in [-0.25, -0.2) is 4.79 Å². The Labute approximate surface area is 377 Å². The lowest BCUT2D eigenvalue weighted by Crippen LogP contribution is -2.66. The number of aldehydes is 1. The van der Waals surface area contributed by atoms with Crippen LogP contribution in [0.3, 0.4) is 0 Å². The van der Waals surface area contributed by atoms with E-state index in [0.717, 1.165) is 0 Å². The van der Waals surface area contributed by atoms with Crippen molar-refractivity contribution in [2.45, 2.75) is 179 Å². The van der Waals surface area contributed by atoms with E-state index in [4.69, 9.17) is 42.6 Å². The van der Waals surface area contributed by atoms with Gasteiger partial charge in [-0.1, -0.05) is 45.0 Å². The average molecular weight is 906 g/mol. The molecular formula is C47H71NO16. The fraction of sp³-hybridized carbons (Fsp3) is 0.723. The molecule has 4 rings (SSSR count). The van der Waals surface area contributed by atoms with Crippen molar-refractivity contribution in [3.8, 4) is 0 Å². The van der Waals surface area contributed by atoms with Gasteiger partial charge in [0.2, 0.25) is 0 Å². The van der Waals surface area contributed by atoms with Gasteiger partial charge in [0, 0.05) is 39.7 Å². The van der Waals surface area contributed by atoms with Gasteiger partial charge in [-0.05, 0) is 84.2 Å². The Morgan fingerprint density at radius 2 is 1.66 bits per heavy atom. The number of benzene rings is 1. The molecule has 0 aliphatic carbocycles. The summed E-state index contributed by atoms with van der Waals surface area (Å²) in [6.07, 6.45) is -7.97. The quantitative estimate of drug-likeness (QED) is 0.115. The van der Waals surface area contributed by atoms with Crippen LogP contribution >= 0.6 is 0 Å². The van der Waals surface area contributed by atoms with Crippen LogP contribution in [-0.2, 0) is 61.8 Å². The zero-order valence-corrected chi connectivity index (χ0v) is 39.2. The molecule has 64 heavy (non-hydrogen) atoms. The van der Waals surface area contributed by atoms with E-state index in [9.17, 15) is 34.2 Å². The van der Waals surface area contributed by atoms with E-state index < -0.39 is 127 Å². The lowest BCUT2D eigenvalue weighted by Gasteiger charge is -2.50. The highest BCUT2D eigenvalue weighted by Gasteiger charge is 2.53. The fourth-order valence-corrected chi connectivity index (χ4v) is 8.87. The summed E-state index contributed by atoms with van der Waals surface area (Å²) in [5.74, 6) is -3.54. The molecule has 3 heterocycles. The molecule has 0 aromatic heterocycles. The Hall–Kier alpha value is -3.81. The van der Waals surface area contributed by atoms with Crippen molar-refractivity contribution in [1.82, 2.24) is 4.90 Å². The summed E-state index contributed by atoms with van der Waals surface area (Å²) in [5, 5.41) is 23.7. The van der Waals surface area contributed by atoms with Crippen molar-refractivity contribution >= 4 is 30.2 Å². The molecule has 0 radical (unpaired) electrons. The lowest BCUT2D eigenvalue weighted by molar-refractivity contribution is -0.344. The van der Waals surface area contributed by atoms with Crippen molar-refractivity contribution in [2.24, 2.45) is 17.8 Å². The number of rotatable bonds is 14. The van der Waals surface area contributed by atoms with E-state index in [1.165, 1.54) is 14.0 Å². The van der Waals surface area contributed by atoms with Crippen LogP contribution in [-0.4, -0.2) is 152 Å². The van der Waals surface area contributed by atoms with Gasteiger partial charge in [-0.2, -0.15) is 0 Å². The van der Waals surface area contributed by atoms with Crippen molar-refractivity contribution < 1.29 is 76.8 Å². The Bertz CT molecular complexity index is 1700. The SMILES string of the molecule is CO[C@@H]1C(O[C@@H]2O[C@H](C)[C@@H](O[C@H]3C[C@@](C)(O)[C@@H](OC(=O)CC(C)C)[C@H](C)O3)[C@H](N(C)C)[C@H]2O)[C@@H](CC=O)C[C@@H](C)[C@@H](OC(=O)c2ccccc2)/C=C/C[C@@H](C)OC(=O)C[C@H]1OC(C)=O. The second kappa shape index (κ2) is 24.1. The molecule has 3 aliphatic heterocycles. The minimum Gasteiger partial charge on any atom is -0.462 e. The first-order chi connectivity index (χ1) is 30.1. The van der Waals surface area contributed by atoms with Gasteiger partial charge in [0.1, 0.15) is 48.5 Å². The normalized spacial score (nSPS) is 37.2. The molecule has 1 unspecified atom stereocenters. The van der Waals surface area contributed by atoms with Crippen molar-refractivity contribution in [3.05, 3.63) is 48.0 Å². The number of methoxy groups -OCH3 is 1. The molecular weight excluding hydrogens is 835 g/mol. The zero-order valence-electron chi connectivity index (χ0n) is 39.2. The van der Waals surface area contributed by atoms with E-state index in [1.54, 1.807) is 89.2 Å². The smallest absolute Gasteiger partial charge is 0.338 e. The molecule has 0 bridgehead atoms. The molecule has 16 atom stereocenters. The zero-order chi connectivity index (χ0) is 47.5. The number of nitrogens with zero attached hydrogens (tertiary/aromatic N) is 1. The summed E-state index contributed by atoms with van der Waals surface area (Å²) >= 11 is 0. The van der Waals surface area contributed by atoms with E-state index in [-0.39, 0.29) is 31.6 Å². The van der Waals surface area contributed by atoms with Crippen molar-refractivity contribution in [2.75, 3.05) is 21.2 Å². The first-order valence-electron chi connectivity index (χ1n) is 22.3. The Kier molecular flexibility index (Phi) is 19.9. The number of esters is 4. The maximum absolute atomic E-state index is 13.4. The van der Waals surface area contributed by atoms with Gasteiger partial charge in [-0.3, -0.25) is 14.4 Å². The summed E-state index contributed by atoms with van der Waals surface area (Å²) in [6, 6.07) is 7.70. The van der Waals surface area contributed by atoms with Crippen molar-refractivity contribution in [1.29, 1.82) is 0 Å². The molecule has 2 N–H and O–H groups in total. The third-order valence-electron chi connectivity index (χ3n) is 11.9. The van der Waals surface area contributed by atoms with E-state index in [1.807, 2.05) is 20.8 Å². The topological polar surface area (TPSA) is 212 Å². The molecule has 0 spiro atoms. The van der Waals surface area contributed by atoms with E-state index in [2.05, 4.69) is 0 Å². The second-order valence-electron chi connectivity index (χ2n) is 18.3. The molecule has 1 aromatic carbocycles. The third-order valence-corrected chi connectivity index (χ3v) is 11.9. The standard InChI is InChI=1S/C47H71NO16/c1-26(2)22-36(51)62-44-30(6)58-38(25-47(44,8)55)63-41-29(5)59-46(40(53)39(41)48(9)10)64-42-33(20-21-49)23-27(3)34(61-45(54)32-17-13-12-14-18-32)19-15-16-28(4)57-37(52)24-35(43(42)56-11)60-31(7)50/h12-15,17-19,21,26-30,33-35,38-44,46,53,55H,16,20,22-25H2,1-11H3/b19-15+/t27-,28-,29-,30+,33+,34+,35-,38+,39-,40-,41-,42?,43+,44+,46+,47-/m1/s1. The molecule has 0 saturated carbocycles. The summed E-state index contributed by atoms with van der Waals surface area (Å²) < 4.78 is 55.0. The number of hydrogen-bond acceptors (Lipinski definition) is 17. The average Bonchev–Trinajstić information content (AvgIpc) is 3.19. The van der Waals surface area contributed by atoms with Crippen LogP contribution in [0, 0.1) is 17.8 Å². The largest absolute Gasteiger partial charge is 0.462 e. The summed E-state index contributed by atoms with van der Waals surface area (Å²) in [7, 11) is 4.84. The highest BCUT2D eigenvalue weighted by Crippen LogP contribution is 2.38. The first kappa shape index (κ1) is 52.8. The Morgan fingerprint density at radius 3 is 2.25 bits per heavy atom. The molecule has 2 fully saturated rings. The first-order valence-corrected chi connectivity index (χ1v) is 22.3. The second-order valence-corrected chi connectivity index (χ2v) is 18.3. The van der Waals surface area contributed by atoms with Crippen LogP contribution in [0.2, 0.25) is 0 Å². The molecule has 1 aromatic rings. The number of ether oxygens (including phenoxy) is 9.